The van der Waals surface area contributed by atoms with E-state index in [1.54, 1.807) is 24.3 Å². The van der Waals surface area contributed by atoms with Crippen LogP contribution in [0.2, 0.25) is 0 Å². The zero-order valence-electron chi connectivity index (χ0n) is 38.4. The van der Waals surface area contributed by atoms with Crippen LogP contribution in [0.4, 0.5) is 0 Å². The SMILES string of the molecule is N#Cc1ccc(-c2nc(-c3ccccc3)nc(-c3ccc(-c4ccc5c(c4)OC(c4ccccc4)(c4ccccc4)c4cc(-c6nc(-c7ccccc7)nc(-c7ccc(C#N)cc7)n6)ccc4-5)cc3)n2)cc1. The molecule has 0 saturated heterocycles. The maximum atomic E-state index is 9.53. The van der Waals surface area contributed by atoms with Crippen LogP contribution in [0.3, 0.4) is 0 Å². The number of hydrogen-bond donors (Lipinski definition) is 0. The van der Waals surface area contributed by atoms with Crippen LogP contribution in [0.15, 0.2) is 231 Å². The molecule has 0 saturated carbocycles. The van der Waals surface area contributed by atoms with Gasteiger partial charge in [-0.2, -0.15) is 10.5 Å². The molecule has 3 heterocycles. The Hall–Kier alpha value is -10.2. The van der Waals surface area contributed by atoms with Gasteiger partial charge in [0.1, 0.15) is 5.75 Å². The van der Waals surface area contributed by atoms with Gasteiger partial charge in [-0.05, 0) is 77.4 Å². The van der Waals surface area contributed by atoms with Crippen molar-refractivity contribution in [3.63, 3.8) is 0 Å². The van der Waals surface area contributed by atoms with Crippen LogP contribution in [0.1, 0.15) is 27.8 Å². The van der Waals surface area contributed by atoms with E-state index in [1.807, 2.05) is 133 Å². The summed E-state index contributed by atoms with van der Waals surface area (Å²) in [4.78, 5) is 29.8. The van der Waals surface area contributed by atoms with Crippen LogP contribution in [0.25, 0.3) is 90.6 Å². The van der Waals surface area contributed by atoms with Crippen molar-refractivity contribution in [3.8, 4) is 108 Å². The zero-order valence-corrected chi connectivity index (χ0v) is 38.4. The van der Waals surface area contributed by atoms with Crippen LogP contribution in [0, 0.1) is 22.7 Å². The van der Waals surface area contributed by atoms with Gasteiger partial charge in [0, 0.05) is 55.6 Å². The Morgan fingerprint density at radius 2 is 0.639 bits per heavy atom. The molecule has 12 rings (SSSR count). The summed E-state index contributed by atoms with van der Waals surface area (Å²) in [7, 11) is 0. The fraction of sp³-hybridized carbons (Fsp3) is 0.0159. The molecule has 0 amide bonds. The second kappa shape index (κ2) is 18.4. The Morgan fingerprint density at radius 1 is 0.306 bits per heavy atom. The Morgan fingerprint density at radius 3 is 1.07 bits per heavy atom. The average molecular weight is 923 g/mol. The molecule has 1 aliphatic rings. The molecule has 0 unspecified atom stereocenters. The summed E-state index contributed by atoms with van der Waals surface area (Å²) in [6.45, 7) is 0. The Labute approximate surface area is 415 Å². The summed E-state index contributed by atoms with van der Waals surface area (Å²) in [6, 6.07) is 80.4. The summed E-state index contributed by atoms with van der Waals surface area (Å²) >= 11 is 0. The lowest BCUT2D eigenvalue weighted by Crippen LogP contribution is -2.38. The van der Waals surface area contributed by atoms with Crippen molar-refractivity contribution < 1.29 is 4.74 Å². The number of hydrogen-bond acceptors (Lipinski definition) is 9. The minimum atomic E-state index is -1.09. The molecule has 9 aromatic carbocycles. The number of fused-ring (bicyclic) bond motifs is 3. The molecule has 0 spiro atoms. The topological polar surface area (TPSA) is 134 Å². The molecule has 0 aliphatic carbocycles. The van der Waals surface area contributed by atoms with E-state index in [-0.39, 0.29) is 0 Å². The van der Waals surface area contributed by atoms with E-state index in [0.717, 1.165) is 78.1 Å². The summed E-state index contributed by atoms with van der Waals surface area (Å²) in [6.07, 6.45) is 0. The molecule has 2 aromatic heterocycles. The third kappa shape index (κ3) is 7.99. The number of benzene rings is 9. The van der Waals surface area contributed by atoms with Gasteiger partial charge in [0.15, 0.2) is 40.5 Å². The largest absolute Gasteiger partial charge is 0.472 e. The standard InChI is InChI=1S/C63H38N8O/c64-39-41-21-25-46(26-22-41)59-66-57(44-13-5-1-6-14-44)67-61(69-59)48-31-29-43(30-32-48)49-33-36-54-53-35-34-50(37-55(53)63(72-56(54)38-49,51-17-9-3-10-18-51)52-19-11-4-12-20-52)62-70-58(45-15-7-2-8-16-45)68-60(71-62)47-27-23-42(40-65)24-28-47/h1-38H. The Kier molecular flexibility index (Phi) is 11.0. The Bertz CT molecular complexity index is 3840. The van der Waals surface area contributed by atoms with Crippen molar-refractivity contribution in [3.05, 3.63) is 258 Å². The molecular weight excluding hydrogens is 885 g/mol. The predicted octanol–water partition coefficient (Wildman–Crippen LogP) is 13.8. The first-order valence-corrected chi connectivity index (χ1v) is 23.4. The quantitative estimate of drug-likeness (QED) is 0.139. The van der Waals surface area contributed by atoms with Crippen LogP contribution in [-0.4, -0.2) is 29.9 Å². The third-order valence-electron chi connectivity index (χ3n) is 12.9. The predicted molar refractivity (Wildman–Crippen MR) is 280 cm³/mol. The van der Waals surface area contributed by atoms with E-state index in [9.17, 15) is 10.5 Å². The van der Waals surface area contributed by atoms with Gasteiger partial charge in [0.2, 0.25) is 0 Å². The lowest BCUT2D eigenvalue weighted by atomic mass is 9.74. The maximum Gasteiger partial charge on any atom is 0.185 e. The highest BCUT2D eigenvalue weighted by Gasteiger charge is 2.45. The van der Waals surface area contributed by atoms with Crippen molar-refractivity contribution in [2.75, 3.05) is 0 Å². The highest BCUT2D eigenvalue weighted by molar-refractivity contribution is 5.85. The second-order valence-corrected chi connectivity index (χ2v) is 17.3. The van der Waals surface area contributed by atoms with Crippen molar-refractivity contribution >= 4 is 0 Å². The van der Waals surface area contributed by atoms with Crippen molar-refractivity contribution in [2.45, 2.75) is 5.60 Å². The molecule has 9 nitrogen and oxygen atoms in total. The summed E-state index contributed by atoms with van der Waals surface area (Å²) < 4.78 is 7.57. The van der Waals surface area contributed by atoms with E-state index in [4.69, 9.17) is 34.6 Å². The lowest BCUT2D eigenvalue weighted by Gasteiger charge is -2.41. The molecule has 11 aromatic rings. The molecule has 0 fully saturated rings. The second-order valence-electron chi connectivity index (χ2n) is 17.3. The fourth-order valence-corrected chi connectivity index (χ4v) is 9.28. The van der Waals surface area contributed by atoms with E-state index in [1.165, 1.54) is 0 Å². The van der Waals surface area contributed by atoms with Crippen molar-refractivity contribution in [1.82, 2.24) is 29.9 Å². The van der Waals surface area contributed by atoms with E-state index in [2.05, 4.69) is 84.9 Å². The number of aromatic nitrogens is 6. The minimum absolute atomic E-state index is 0.499. The fourth-order valence-electron chi connectivity index (χ4n) is 9.28. The molecule has 1 aliphatic heterocycles. The molecule has 9 heteroatoms. The van der Waals surface area contributed by atoms with Gasteiger partial charge in [0.05, 0.1) is 23.3 Å². The summed E-state index contributed by atoms with van der Waals surface area (Å²) in [5.74, 6) is 3.88. The van der Waals surface area contributed by atoms with Gasteiger partial charge in [-0.1, -0.05) is 170 Å². The van der Waals surface area contributed by atoms with Gasteiger partial charge in [-0.3, -0.25) is 0 Å². The molecule has 72 heavy (non-hydrogen) atoms. The van der Waals surface area contributed by atoms with Crippen LogP contribution in [0.5, 0.6) is 5.75 Å². The van der Waals surface area contributed by atoms with Crippen molar-refractivity contribution in [1.29, 1.82) is 10.5 Å². The molecule has 0 N–H and O–H groups in total. The summed E-state index contributed by atoms with van der Waals surface area (Å²) in [5, 5.41) is 19.0. The van der Waals surface area contributed by atoms with Gasteiger partial charge in [-0.15, -0.1) is 0 Å². The molecule has 0 atom stereocenters. The first-order valence-electron chi connectivity index (χ1n) is 23.4. The van der Waals surface area contributed by atoms with Crippen LogP contribution >= 0.6 is 0 Å². The molecule has 0 radical (unpaired) electrons. The monoisotopic (exact) mass is 922 g/mol. The van der Waals surface area contributed by atoms with E-state index >= 15 is 0 Å². The maximum absolute atomic E-state index is 9.53. The van der Waals surface area contributed by atoms with E-state index in [0.29, 0.717) is 46.1 Å². The normalized spacial score (nSPS) is 12.1. The van der Waals surface area contributed by atoms with E-state index < -0.39 is 5.60 Å². The van der Waals surface area contributed by atoms with Gasteiger partial charge in [0.25, 0.3) is 0 Å². The highest BCUT2D eigenvalue weighted by atomic mass is 16.5. The Balaban J connectivity index is 0.976. The minimum Gasteiger partial charge on any atom is -0.472 e. The van der Waals surface area contributed by atoms with Gasteiger partial charge in [-0.25, -0.2) is 29.9 Å². The number of rotatable bonds is 9. The molecule has 336 valence electrons. The molecular formula is C63H38N8O. The van der Waals surface area contributed by atoms with Crippen LogP contribution in [-0.2, 0) is 5.60 Å². The number of ether oxygens (including phenoxy) is 1. The first-order chi connectivity index (χ1) is 35.5. The average Bonchev–Trinajstić information content (AvgIpc) is 3.47. The highest BCUT2D eigenvalue weighted by Crippen LogP contribution is 2.53. The third-order valence-corrected chi connectivity index (χ3v) is 12.9. The molecule has 0 bridgehead atoms. The number of nitriles is 2. The lowest BCUT2D eigenvalue weighted by molar-refractivity contribution is 0.152. The zero-order chi connectivity index (χ0) is 48.4. The smallest absolute Gasteiger partial charge is 0.185 e. The van der Waals surface area contributed by atoms with Gasteiger partial charge >= 0.3 is 0 Å². The van der Waals surface area contributed by atoms with Gasteiger partial charge < -0.3 is 4.74 Å². The summed E-state index contributed by atoms with van der Waals surface area (Å²) in [5.41, 5.74) is 11.7. The first kappa shape index (κ1) is 43.1. The number of nitrogens with zero attached hydrogens (tertiary/aromatic N) is 8. The van der Waals surface area contributed by atoms with Crippen molar-refractivity contribution in [2.24, 2.45) is 0 Å². The van der Waals surface area contributed by atoms with Crippen LogP contribution < -0.4 is 4.74 Å².